The van der Waals surface area contributed by atoms with Crippen LogP contribution in [0.1, 0.15) is 9.68 Å². The Morgan fingerprint density at radius 3 is 2.00 bits per heavy atom. The van der Waals surface area contributed by atoms with Crippen LogP contribution in [0, 0.1) is 6.85 Å². The molecule has 60 heavy (non-hydrogen) atoms. The largest absolute Gasteiger partial charge is 0.507 e. The molecule has 0 aliphatic carbocycles. The summed E-state index contributed by atoms with van der Waals surface area (Å²) in [5.74, 6) is 0.759. The molecule has 0 spiro atoms. The van der Waals surface area contributed by atoms with E-state index in [1.807, 2.05) is 72.9 Å². The van der Waals surface area contributed by atoms with Crippen molar-refractivity contribution in [3.63, 3.8) is 0 Å². The SMILES string of the molecule is [2H]C([2H])([2H])c1ccc(-c2ccnc(-c3cc(-c4cccc5c4nc(-c4ccccc4O)n5-c4ccccc4-c4ccccc4)c4c(c3)c3ccccc3n4-c3ccccc3)c2)cc1. The smallest absolute Gasteiger partial charge is 0.149 e. The summed E-state index contributed by atoms with van der Waals surface area (Å²) in [5, 5.41) is 13.6. The average molecular weight is 774 g/mol. The molecule has 0 aliphatic heterocycles. The minimum Gasteiger partial charge on any atom is -0.507 e. The van der Waals surface area contributed by atoms with Gasteiger partial charge in [0.15, 0.2) is 0 Å². The molecule has 0 radical (unpaired) electrons. The highest BCUT2D eigenvalue weighted by Crippen LogP contribution is 2.45. The van der Waals surface area contributed by atoms with E-state index in [9.17, 15) is 5.11 Å². The first-order valence-electron chi connectivity index (χ1n) is 21.5. The quantitative estimate of drug-likeness (QED) is 0.175. The number of aromatic nitrogens is 4. The second-order valence-corrected chi connectivity index (χ2v) is 15.0. The summed E-state index contributed by atoms with van der Waals surface area (Å²) < 4.78 is 28.1. The van der Waals surface area contributed by atoms with Crippen molar-refractivity contribution in [2.45, 2.75) is 6.85 Å². The number of aromatic hydroxyl groups is 1. The normalized spacial score (nSPS) is 12.4. The second kappa shape index (κ2) is 14.4. The van der Waals surface area contributed by atoms with Crippen molar-refractivity contribution >= 4 is 32.8 Å². The number of hydrogen-bond acceptors (Lipinski definition) is 3. The molecule has 5 heteroatoms. The van der Waals surface area contributed by atoms with Crippen molar-refractivity contribution in [1.82, 2.24) is 19.1 Å². The van der Waals surface area contributed by atoms with Crippen molar-refractivity contribution in [3.8, 4) is 73.2 Å². The first kappa shape index (κ1) is 32.0. The molecule has 0 fully saturated rings. The highest BCUT2D eigenvalue weighted by atomic mass is 16.3. The standard InChI is InChI=1S/C55H38N4O/c1-36-27-29-37(30-28-36)39-31-32-56-48(35-39)40-33-46-43-20-9-12-24-50(43)58(41-17-6-3-7-18-41)54(46)47(34-40)44-22-14-25-51-53(44)57-55(45-21-10-13-26-52(45)60)59(51)49-23-11-8-19-42(49)38-15-4-2-5-16-38/h2-35,60H,1H3/i1D3. The third kappa shape index (κ3) is 5.87. The zero-order valence-electron chi connectivity index (χ0n) is 35.4. The summed E-state index contributed by atoms with van der Waals surface area (Å²) in [6.45, 7) is -2.18. The van der Waals surface area contributed by atoms with Crippen LogP contribution in [0.5, 0.6) is 5.75 Å². The fourth-order valence-corrected chi connectivity index (χ4v) is 8.66. The van der Waals surface area contributed by atoms with E-state index in [1.54, 1.807) is 18.2 Å². The van der Waals surface area contributed by atoms with Gasteiger partial charge < -0.3 is 9.67 Å². The van der Waals surface area contributed by atoms with E-state index in [1.165, 1.54) is 0 Å². The van der Waals surface area contributed by atoms with Gasteiger partial charge in [-0.05, 0) is 90.3 Å². The number of imidazole rings is 1. The Balaban J connectivity index is 1.22. The molecule has 11 aromatic rings. The molecule has 0 bridgehead atoms. The highest BCUT2D eigenvalue weighted by molar-refractivity contribution is 6.17. The number of para-hydroxylation sites is 5. The fourth-order valence-electron chi connectivity index (χ4n) is 8.66. The minimum absolute atomic E-state index is 0.139. The van der Waals surface area contributed by atoms with Crippen LogP contribution in [-0.4, -0.2) is 24.2 Å². The third-order valence-electron chi connectivity index (χ3n) is 11.4. The van der Waals surface area contributed by atoms with E-state index in [0.29, 0.717) is 17.0 Å². The molecular weight excluding hydrogens is 733 g/mol. The van der Waals surface area contributed by atoms with E-state index >= 15 is 0 Å². The van der Waals surface area contributed by atoms with E-state index in [2.05, 4.69) is 124 Å². The molecule has 3 aromatic heterocycles. The van der Waals surface area contributed by atoms with Gasteiger partial charge in [-0.25, -0.2) is 4.98 Å². The molecule has 284 valence electrons. The number of phenolic OH excluding ortho intramolecular Hbond substituents is 1. The van der Waals surface area contributed by atoms with E-state index in [0.717, 1.165) is 88.9 Å². The van der Waals surface area contributed by atoms with Crippen LogP contribution in [0.4, 0.5) is 0 Å². The average Bonchev–Trinajstić information content (AvgIpc) is 3.88. The molecule has 0 saturated carbocycles. The molecule has 0 amide bonds. The molecule has 0 aliphatic rings. The minimum atomic E-state index is -2.18. The summed E-state index contributed by atoms with van der Waals surface area (Å²) in [4.78, 5) is 10.5. The summed E-state index contributed by atoms with van der Waals surface area (Å²) in [5.41, 5.74) is 14.1. The molecule has 8 aromatic carbocycles. The Morgan fingerprint density at radius 2 is 1.18 bits per heavy atom. The van der Waals surface area contributed by atoms with E-state index in [4.69, 9.17) is 14.1 Å². The van der Waals surface area contributed by atoms with Crippen LogP contribution in [0.3, 0.4) is 0 Å². The number of fused-ring (bicyclic) bond motifs is 4. The predicted molar refractivity (Wildman–Crippen MR) is 247 cm³/mol. The van der Waals surface area contributed by atoms with Gasteiger partial charge in [0.05, 0.1) is 39.0 Å². The van der Waals surface area contributed by atoms with Gasteiger partial charge in [0, 0.05) is 49.0 Å². The summed E-state index contributed by atoms with van der Waals surface area (Å²) in [7, 11) is 0. The van der Waals surface area contributed by atoms with Gasteiger partial charge in [0.25, 0.3) is 0 Å². The van der Waals surface area contributed by atoms with Crippen molar-refractivity contribution in [1.29, 1.82) is 0 Å². The highest BCUT2D eigenvalue weighted by Gasteiger charge is 2.25. The maximum atomic E-state index is 11.4. The Kier molecular flexibility index (Phi) is 7.69. The van der Waals surface area contributed by atoms with Crippen LogP contribution in [-0.2, 0) is 0 Å². The van der Waals surface area contributed by atoms with Gasteiger partial charge in [0.2, 0.25) is 0 Å². The van der Waals surface area contributed by atoms with Crippen LogP contribution in [0.25, 0.3) is 100 Å². The second-order valence-electron chi connectivity index (χ2n) is 15.0. The lowest BCUT2D eigenvalue weighted by Gasteiger charge is -2.16. The van der Waals surface area contributed by atoms with Gasteiger partial charge in [-0.3, -0.25) is 9.55 Å². The number of rotatable bonds is 7. The van der Waals surface area contributed by atoms with Crippen LogP contribution < -0.4 is 0 Å². The van der Waals surface area contributed by atoms with Crippen molar-refractivity contribution < 1.29 is 9.22 Å². The number of phenols is 1. The topological polar surface area (TPSA) is 55.9 Å². The molecule has 11 rings (SSSR count). The fraction of sp³-hybridized carbons (Fsp3) is 0.0182. The summed E-state index contributed by atoms with van der Waals surface area (Å²) in [6, 6.07) is 66.9. The molecular formula is C55H38N4O. The summed E-state index contributed by atoms with van der Waals surface area (Å²) in [6.07, 6.45) is 1.81. The zero-order chi connectivity index (χ0) is 42.7. The zero-order valence-corrected chi connectivity index (χ0v) is 32.4. The first-order valence-corrected chi connectivity index (χ1v) is 20.0. The number of aryl methyl sites for hydroxylation is 1. The molecule has 0 unspecified atom stereocenters. The van der Waals surface area contributed by atoms with Crippen molar-refractivity contribution in [2.24, 2.45) is 0 Å². The van der Waals surface area contributed by atoms with Gasteiger partial charge >= 0.3 is 0 Å². The van der Waals surface area contributed by atoms with Gasteiger partial charge in [-0.1, -0.05) is 139 Å². The Labute approximate surface area is 352 Å². The Morgan fingerprint density at radius 1 is 0.483 bits per heavy atom. The van der Waals surface area contributed by atoms with Crippen molar-refractivity contribution in [3.05, 3.63) is 212 Å². The molecule has 3 heterocycles. The van der Waals surface area contributed by atoms with Crippen LogP contribution in [0.2, 0.25) is 0 Å². The van der Waals surface area contributed by atoms with Crippen molar-refractivity contribution in [2.75, 3.05) is 0 Å². The lowest BCUT2D eigenvalue weighted by atomic mass is 9.95. The molecule has 1 N–H and O–H groups in total. The third-order valence-corrected chi connectivity index (χ3v) is 11.4. The number of pyridine rings is 1. The number of benzene rings is 8. The number of hydrogen-bond donors (Lipinski definition) is 1. The first-order chi connectivity index (χ1) is 30.8. The number of nitrogens with zero attached hydrogens (tertiary/aromatic N) is 4. The van der Waals surface area contributed by atoms with Gasteiger partial charge in [-0.2, -0.15) is 0 Å². The van der Waals surface area contributed by atoms with E-state index < -0.39 is 6.85 Å². The maximum Gasteiger partial charge on any atom is 0.149 e. The lowest BCUT2D eigenvalue weighted by Crippen LogP contribution is -2.00. The molecule has 5 nitrogen and oxygen atoms in total. The predicted octanol–water partition coefficient (Wildman–Crippen LogP) is 13.9. The Hall–Kier alpha value is -8.02. The van der Waals surface area contributed by atoms with Crippen LogP contribution >= 0.6 is 0 Å². The van der Waals surface area contributed by atoms with Crippen LogP contribution in [0.15, 0.2) is 206 Å². The summed E-state index contributed by atoms with van der Waals surface area (Å²) >= 11 is 0. The lowest BCUT2D eigenvalue weighted by molar-refractivity contribution is 0.477. The van der Waals surface area contributed by atoms with Gasteiger partial charge in [-0.15, -0.1) is 0 Å². The molecule has 0 saturated heterocycles. The molecule has 0 atom stereocenters. The monoisotopic (exact) mass is 773 g/mol. The Bertz CT molecular complexity index is 3500. The maximum absolute atomic E-state index is 11.4. The van der Waals surface area contributed by atoms with Gasteiger partial charge in [0.1, 0.15) is 11.6 Å². The van der Waals surface area contributed by atoms with E-state index in [-0.39, 0.29) is 5.75 Å².